The smallest absolute Gasteiger partial charge is 0.226 e. The zero-order valence-corrected chi connectivity index (χ0v) is 14.0. The number of ether oxygens (including phenoxy) is 2. The Morgan fingerprint density at radius 3 is 2.64 bits per heavy atom. The van der Waals surface area contributed by atoms with Crippen LogP contribution in [-0.4, -0.2) is 25.1 Å². The number of amides is 1. The molecule has 0 radical (unpaired) electrons. The second kappa shape index (κ2) is 7.26. The first-order valence-electron chi connectivity index (χ1n) is 6.99. The molecule has 0 spiro atoms. The van der Waals surface area contributed by atoms with E-state index in [9.17, 15) is 4.79 Å². The highest BCUT2D eigenvalue weighted by Crippen LogP contribution is 2.31. The Balaban J connectivity index is 1.99. The van der Waals surface area contributed by atoms with Crippen LogP contribution >= 0.6 is 11.3 Å². The van der Waals surface area contributed by atoms with Crippen molar-refractivity contribution in [1.29, 1.82) is 0 Å². The third-order valence-electron chi connectivity index (χ3n) is 3.38. The molecule has 0 fully saturated rings. The Hall–Kier alpha value is -2.08. The fourth-order valence-electron chi connectivity index (χ4n) is 2.11. The highest BCUT2D eigenvalue weighted by atomic mass is 32.1. The zero-order valence-electron chi connectivity index (χ0n) is 13.2. The summed E-state index contributed by atoms with van der Waals surface area (Å²) >= 11 is 1.49. The van der Waals surface area contributed by atoms with Gasteiger partial charge >= 0.3 is 0 Å². The lowest BCUT2D eigenvalue weighted by Gasteiger charge is -2.12. The lowest BCUT2D eigenvalue weighted by molar-refractivity contribution is -0.116. The highest BCUT2D eigenvalue weighted by molar-refractivity contribution is 7.15. The molecule has 0 unspecified atom stereocenters. The van der Waals surface area contributed by atoms with Crippen LogP contribution in [0.5, 0.6) is 11.5 Å². The SMILES string of the molecule is COc1cccc(CCC(=O)Nc2nc(C)c(C)s2)c1OC. The molecule has 1 aromatic heterocycles. The first-order valence-corrected chi connectivity index (χ1v) is 7.80. The van der Waals surface area contributed by atoms with Crippen molar-refractivity contribution in [3.8, 4) is 11.5 Å². The minimum Gasteiger partial charge on any atom is -0.493 e. The van der Waals surface area contributed by atoms with Gasteiger partial charge in [-0.2, -0.15) is 0 Å². The molecule has 0 aliphatic rings. The summed E-state index contributed by atoms with van der Waals surface area (Å²) in [6.07, 6.45) is 0.941. The number of anilines is 1. The van der Waals surface area contributed by atoms with Crippen LogP contribution < -0.4 is 14.8 Å². The first-order chi connectivity index (χ1) is 10.5. The second-order valence-electron chi connectivity index (χ2n) is 4.86. The summed E-state index contributed by atoms with van der Waals surface area (Å²) in [6, 6.07) is 5.66. The molecule has 0 saturated heterocycles. The number of nitrogens with one attached hydrogen (secondary N) is 1. The van der Waals surface area contributed by atoms with Gasteiger partial charge in [-0.05, 0) is 31.9 Å². The molecular formula is C16H20N2O3S. The van der Waals surface area contributed by atoms with Crippen molar-refractivity contribution in [3.05, 3.63) is 34.3 Å². The number of hydrogen-bond donors (Lipinski definition) is 1. The van der Waals surface area contributed by atoms with Gasteiger partial charge in [-0.25, -0.2) is 4.98 Å². The number of aryl methyl sites for hydroxylation is 3. The van der Waals surface area contributed by atoms with E-state index in [4.69, 9.17) is 9.47 Å². The molecule has 2 aromatic rings. The van der Waals surface area contributed by atoms with Crippen LogP contribution in [0.3, 0.4) is 0 Å². The number of para-hydroxylation sites is 1. The van der Waals surface area contributed by atoms with E-state index in [1.807, 2.05) is 32.0 Å². The average Bonchev–Trinajstić information content (AvgIpc) is 2.82. The van der Waals surface area contributed by atoms with E-state index < -0.39 is 0 Å². The van der Waals surface area contributed by atoms with Crippen molar-refractivity contribution in [2.24, 2.45) is 0 Å². The standard InChI is InChI=1S/C16H20N2O3S/c1-10-11(2)22-16(17-10)18-14(19)9-8-12-6-5-7-13(20-3)15(12)21-4/h5-7H,8-9H2,1-4H3,(H,17,18,19). The van der Waals surface area contributed by atoms with E-state index in [2.05, 4.69) is 10.3 Å². The molecule has 22 heavy (non-hydrogen) atoms. The Kier molecular flexibility index (Phi) is 5.38. The van der Waals surface area contributed by atoms with Crippen LogP contribution in [0.4, 0.5) is 5.13 Å². The van der Waals surface area contributed by atoms with E-state index in [0.717, 1.165) is 16.1 Å². The average molecular weight is 320 g/mol. The summed E-state index contributed by atoms with van der Waals surface area (Å²) in [5.41, 5.74) is 1.90. The van der Waals surface area contributed by atoms with Gasteiger partial charge in [0.25, 0.3) is 0 Å². The molecule has 1 N–H and O–H groups in total. The summed E-state index contributed by atoms with van der Waals surface area (Å²) in [5, 5.41) is 3.49. The van der Waals surface area contributed by atoms with Gasteiger partial charge in [0.15, 0.2) is 16.6 Å². The summed E-state index contributed by atoms with van der Waals surface area (Å²) in [4.78, 5) is 17.5. The van der Waals surface area contributed by atoms with Crippen LogP contribution in [0, 0.1) is 13.8 Å². The largest absolute Gasteiger partial charge is 0.493 e. The maximum atomic E-state index is 12.0. The summed E-state index contributed by atoms with van der Waals surface area (Å²) < 4.78 is 10.6. The molecule has 1 amide bonds. The fraction of sp³-hybridized carbons (Fsp3) is 0.375. The topological polar surface area (TPSA) is 60.5 Å². The van der Waals surface area contributed by atoms with Gasteiger partial charge in [-0.15, -0.1) is 11.3 Å². The Morgan fingerprint density at radius 1 is 1.27 bits per heavy atom. The molecule has 1 heterocycles. The summed E-state index contributed by atoms with van der Waals surface area (Å²) in [5.74, 6) is 1.30. The van der Waals surface area contributed by atoms with Crippen LogP contribution in [0.1, 0.15) is 22.6 Å². The Bertz CT molecular complexity index is 648. The van der Waals surface area contributed by atoms with Crippen LogP contribution in [0.25, 0.3) is 0 Å². The van der Waals surface area contributed by atoms with Crippen molar-refractivity contribution in [1.82, 2.24) is 4.98 Å². The molecule has 6 heteroatoms. The van der Waals surface area contributed by atoms with Crippen LogP contribution in [0.2, 0.25) is 0 Å². The molecule has 2 rings (SSSR count). The van der Waals surface area contributed by atoms with Gasteiger partial charge in [-0.3, -0.25) is 4.79 Å². The van der Waals surface area contributed by atoms with Crippen molar-refractivity contribution in [3.63, 3.8) is 0 Å². The Morgan fingerprint density at radius 2 is 2.05 bits per heavy atom. The van der Waals surface area contributed by atoms with Crippen molar-refractivity contribution in [2.45, 2.75) is 26.7 Å². The van der Waals surface area contributed by atoms with E-state index in [1.54, 1.807) is 14.2 Å². The number of benzene rings is 1. The quantitative estimate of drug-likeness (QED) is 0.886. The third kappa shape index (κ3) is 3.76. The Labute approximate surface area is 134 Å². The number of methoxy groups -OCH3 is 2. The van der Waals surface area contributed by atoms with Gasteiger partial charge < -0.3 is 14.8 Å². The molecular weight excluding hydrogens is 300 g/mol. The lowest BCUT2D eigenvalue weighted by atomic mass is 10.1. The van der Waals surface area contributed by atoms with Crippen molar-refractivity contribution < 1.29 is 14.3 Å². The van der Waals surface area contributed by atoms with Crippen molar-refractivity contribution in [2.75, 3.05) is 19.5 Å². The number of nitrogens with zero attached hydrogens (tertiary/aromatic N) is 1. The van der Waals surface area contributed by atoms with Crippen molar-refractivity contribution >= 4 is 22.4 Å². The fourth-order valence-corrected chi connectivity index (χ4v) is 2.94. The number of aromatic nitrogens is 1. The van der Waals surface area contributed by atoms with Gasteiger partial charge in [0.2, 0.25) is 5.91 Å². The number of carbonyl (C=O) groups is 1. The molecule has 0 aliphatic heterocycles. The van der Waals surface area contributed by atoms with Gasteiger partial charge in [0.1, 0.15) is 0 Å². The molecule has 0 aliphatic carbocycles. The van der Waals surface area contributed by atoms with E-state index >= 15 is 0 Å². The number of thiazole rings is 1. The molecule has 0 bridgehead atoms. The predicted molar refractivity (Wildman–Crippen MR) is 88.1 cm³/mol. The maximum Gasteiger partial charge on any atom is 0.226 e. The normalized spacial score (nSPS) is 10.4. The second-order valence-corrected chi connectivity index (χ2v) is 6.06. The minimum atomic E-state index is -0.0568. The molecule has 0 atom stereocenters. The van der Waals surface area contributed by atoms with E-state index in [-0.39, 0.29) is 5.91 Å². The van der Waals surface area contributed by atoms with Gasteiger partial charge in [0, 0.05) is 11.3 Å². The third-order valence-corrected chi connectivity index (χ3v) is 4.37. The molecule has 118 valence electrons. The van der Waals surface area contributed by atoms with Crippen LogP contribution in [-0.2, 0) is 11.2 Å². The van der Waals surface area contributed by atoms with E-state index in [0.29, 0.717) is 29.5 Å². The van der Waals surface area contributed by atoms with E-state index in [1.165, 1.54) is 11.3 Å². The predicted octanol–water partition coefficient (Wildman–Crippen LogP) is 3.35. The molecule has 1 aromatic carbocycles. The number of rotatable bonds is 6. The minimum absolute atomic E-state index is 0.0568. The molecule has 0 saturated carbocycles. The monoisotopic (exact) mass is 320 g/mol. The number of carbonyl (C=O) groups excluding carboxylic acids is 1. The van der Waals surface area contributed by atoms with Gasteiger partial charge in [0.05, 0.1) is 19.9 Å². The highest BCUT2D eigenvalue weighted by Gasteiger charge is 2.12. The summed E-state index contributed by atoms with van der Waals surface area (Å²) in [6.45, 7) is 3.92. The first kappa shape index (κ1) is 16.3. The zero-order chi connectivity index (χ0) is 16.1. The van der Waals surface area contributed by atoms with Gasteiger partial charge in [-0.1, -0.05) is 12.1 Å². The number of hydrogen-bond acceptors (Lipinski definition) is 5. The van der Waals surface area contributed by atoms with Crippen LogP contribution in [0.15, 0.2) is 18.2 Å². The maximum absolute atomic E-state index is 12.0. The summed E-state index contributed by atoms with van der Waals surface area (Å²) in [7, 11) is 3.20. The lowest BCUT2D eigenvalue weighted by Crippen LogP contribution is -2.12. The molecule has 5 nitrogen and oxygen atoms in total.